The number of nitrogens with zero attached hydrogens (tertiary/aromatic N) is 2. The maximum Gasteiger partial charge on any atom is 0.326 e. The molecule has 2 heterocycles. The quantitative estimate of drug-likeness (QED) is 0.0749. The average molecular weight is 874 g/mol. The van der Waals surface area contributed by atoms with Crippen molar-refractivity contribution in [3.05, 3.63) is 119 Å². The summed E-state index contributed by atoms with van der Waals surface area (Å²) < 4.78 is 0. The zero-order valence-corrected chi connectivity index (χ0v) is 36.6. The SMILES string of the molecule is C[C@@H]1NC(=O)[C@@H](N(C)C(=O)[C@@H]2CCCN2C(=O)CCNC(=O)c2ccc(CCCCCCCCc3ccccc3)cc2)c2ccc(O)c(c2)-c2cc(ccc2O)C[C@@H](C(=O)O)NC1=O. The molecule has 1 fully saturated rings. The van der Waals surface area contributed by atoms with Gasteiger partial charge in [-0.2, -0.15) is 0 Å². The van der Waals surface area contributed by atoms with Gasteiger partial charge in [0, 0.05) is 49.7 Å². The molecular weight excluding hydrogens is 815 g/mol. The monoisotopic (exact) mass is 873 g/mol. The molecule has 5 amide bonds. The molecule has 0 radical (unpaired) electrons. The van der Waals surface area contributed by atoms with E-state index in [9.17, 15) is 44.1 Å². The number of aromatic hydroxyl groups is 2. The Morgan fingerprint density at radius 2 is 1.39 bits per heavy atom. The van der Waals surface area contributed by atoms with Gasteiger partial charge in [-0.1, -0.05) is 80.3 Å². The van der Waals surface area contributed by atoms with Gasteiger partial charge in [-0.25, -0.2) is 4.79 Å². The Bertz CT molecular complexity index is 2300. The topological polar surface area (TPSA) is 206 Å². The molecular formula is C50H59N5O9. The number of rotatable bonds is 16. The lowest BCUT2D eigenvalue weighted by Crippen LogP contribution is -2.54. The van der Waals surface area contributed by atoms with E-state index < -0.39 is 47.9 Å². The number of carboxylic acids is 1. The van der Waals surface area contributed by atoms with Gasteiger partial charge in [0.15, 0.2) is 0 Å². The standard InChI is InChI=1S/C50H59N5O9/c1-32-46(59)53-40(50(63)64)30-35-20-24-42(56)38(29-35)39-31-37(23-25-43(39)57)45(48(61)52-32)54(2)49(62)41-17-12-28-55(41)44(58)26-27-51-47(60)36-21-18-34(19-22-36)16-9-6-4-3-5-8-13-33-14-10-7-11-15-33/h7,10-11,14-15,18-25,29,31-32,40-41,45,56-57H,3-6,8-9,12-13,16-17,26-28,30H2,1-2H3,(H,51,60)(H,52,61)(H,53,59)(H,63,64)/t32-,40-,41-,45-/m0/s1. The Kier molecular flexibility index (Phi) is 16.1. The summed E-state index contributed by atoms with van der Waals surface area (Å²) in [6, 6.07) is 21.8. The number of hydrogen-bond donors (Lipinski definition) is 6. The third-order valence-corrected chi connectivity index (χ3v) is 12.2. The number of likely N-dealkylation sites (tertiary alicyclic amines) is 1. The van der Waals surface area contributed by atoms with E-state index in [1.54, 1.807) is 12.1 Å². The van der Waals surface area contributed by atoms with Gasteiger partial charge >= 0.3 is 5.97 Å². The fraction of sp³-hybridized carbons (Fsp3) is 0.400. The smallest absolute Gasteiger partial charge is 0.326 e. The number of amides is 5. The number of phenols is 2. The molecule has 1 saturated heterocycles. The van der Waals surface area contributed by atoms with Crippen LogP contribution in [0.3, 0.4) is 0 Å². The number of hydrogen-bond acceptors (Lipinski definition) is 8. The highest BCUT2D eigenvalue weighted by atomic mass is 16.4. The molecule has 4 aromatic rings. The van der Waals surface area contributed by atoms with Crippen molar-refractivity contribution in [2.45, 2.75) is 108 Å². The van der Waals surface area contributed by atoms with Crippen LogP contribution in [-0.4, -0.2) is 98.9 Å². The molecule has 2 aliphatic heterocycles. The normalized spacial score (nSPS) is 18.6. The van der Waals surface area contributed by atoms with Crippen LogP contribution in [0.4, 0.5) is 0 Å². The third kappa shape index (κ3) is 12.1. The first-order valence-electron chi connectivity index (χ1n) is 22.3. The zero-order valence-electron chi connectivity index (χ0n) is 36.6. The van der Waals surface area contributed by atoms with Gasteiger partial charge in [0.25, 0.3) is 5.91 Å². The van der Waals surface area contributed by atoms with E-state index in [0.717, 1.165) is 25.7 Å². The molecule has 6 N–H and O–H groups in total. The van der Waals surface area contributed by atoms with Crippen LogP contribution in [0.5, 0.6) is 11.5 Å². The first kappa shape index (κ1) is 46.8. The Morgan fingerprint density at radius 1 is 0.766 bits per heavy atom. The number of carboxylic acid groups (broad SMARTS) is 1. The predicted molar refractivity (Wildman–Crippen MR) is 241 cm³/mol. The van der Waals surface area contributed by atoms with E-state index in [1.165, 1.54) is 97.0 Å². The minimum absolute atomic E-state index is 0.0517. The summed E-state index contributed by atoms with van der Waals surface area (Å²) >= 11 is 0. The third-order valence-electron chi connectivity index (χ3n) is 12.2. The molecule has 14 nitrogen and oxygen atoms in total. The summed E-state index contributed by atoms with van der Waals surface area (Å²) in [7, 11) is 1.41. The second-order valence-electron chi connectivity index (χ2n) is 16.9. The molecule has 4 atom stereocenters. The van der Waals surface area contributed by atoms with Crippen molar-refractivity contribution in [2.24, 2.45) is 0 Å². The molecule has 4 bridgehead atoms. The van der Waals surface area contributed by atoms with Crippen molar-refractivity contribution < 1.29 is 44.1 Å². The number of phenolic OH excluding ortho intramolecular Hbond substituents is 2. The van der Waals surface area contributed by atoms with E-state index >= 15 is 0 Å². The molecule has 14 heteroatoms. The van der Waals surface area contributed by atoms with Gasteiger partial charge in [-0.3, -0.25) is 24.0 Å². The second kappa shape index (κ2) is 22.1. The van der Waals surface area contributed by atoms with Gasteiger partial charge < -0.3 is 41.1 Å². The number of benzene rings is 4. The van der Waals surface area contributed by atoms with Crippen LogP contribution in [0, 0.1) is 0 Å². The highest BCUT2D eigenvalue weighted by Crippen LogP contribution is 2.39. The molecule has 338 valence electrons. The Balaban J connectivity index is 1.04. The maximum absolute atomic E-state index is 14.3. The summed E-state index contributed by atoms with van der Waals surface area (Å²) in [5.41, 5.74) is 4.00. The summed E-state index contributed by atoms with van der Waals surface area (Å²) in [5, 5.41) is 39.6. The number of aliphatic carboxylic acids is 1. The maximum atomic E-state index is 14.3. The number of fused-ring (bicyclic) bond motifs is 5. The van der Waals surface area contributed by atoms with Crippen LogP contribution in [0.25, 0.3) is 11.1 Å². The van der Waals surface area contributed by atoms with Crippen molar-refractivity contribution in [1.29, 1.82) is 0 Å². The molecule has 0 unspecified atom stereocenters. The summed E-state index contributed by atoms with van der Waals surface area (Å²) in [6.07, 6.45) is 9.84. The molecule has 0 aliphatic carbocycles. The van der Waals surface area contributed by atoms with Crippen molar-refractivity contribution >= 4 is 35.5 Å². The molecule has 64 heavy (non-hydrogen) atoms. The molecule has 2 aliphatic rings. The van der Waals surface area contributed by atoms with Gasteiger partial charge in [-0.05, 0) is 104 Å². The summed E-state index contributed by atoms with van der Waals surface area (Å²) in [6.45, 7) is 1.74. The van der Waals surface area contributed by atoms with Crippen LogP contribution in [0.15, 0.2) is 91.0 Å². The number of likely N-dealkylation sites (N-methyl/N-ethyl adjacent to an activating group) is 1. The molecule has 6 rings (SSSR count). The first-order chi connectivity index (χ1) is 30.8. The van der Waals surface area contributed by atoms with Crippen LogP contribution >= 0.6 is 0 Å². The van der Waals surface area contributed by atoms with Crippen molar-refractivity contribution in [1.82, 2.24) is 25.8 Å². The largest absolute Gasteiger partial charge is 0.507 e. The first-order valence-corrected chi connectivity index (χ1v) is 22.3. The number of nitrogens with one attached hydrogen (secondary N) is 3. The summed E-state index contributed by atoms with van der Waals surface area (Å²) in [4.78, 5) is 83.0. The number of unbranched alkanes of at least 4 members (excludes halogenated alkanes) is 5. The Morgan fingerprint density at radius 3 is 2.06 bits per heavy atom. The fourth-order valence-corrected chi connectivity index (χ4v) is 8.55. The van der Waals surface area contributed by atoms with Crippen LogP contribution in [-0.2, 0) is 43.2 Å². The van der Waals surface area contributed by atoms with Crippen molar-refractivity contribution in [3.8, 4) is 22.6 Å². The van der Waals surface area contributed by atoms with E-state index in [-0.39, 0.29) is 59.4 Å². The number of aryl methyl sites for hydroxylation is 2. The minimum Gasteiger partial charge on any atom is -0.507 e. The molecule has 0 saturated carbocycles. The zero-order chi connectivity index (χ0) is 45.8. The molecule has 4 aromatic carbocycles. The summed E-state index contributed by atoms with van der Waals surface area (Å²) in [5.74, 6) is -4.53. The van der Waals surface area contributed by atoms with Crippen LogP contribution < -0.4 is 16.0 Å². The van der Waals surface area contributed by atoms with E-state index in [1.807, 2.05) is 18.2 Å². The van der Waals surface area contributed by atoms with Gasteiger partial charge in [0.1, 0.15) is 35.7 Å². The fourth-order valence-electron chi connectivity index (χ4n) is 8.55. The minimum atomic E-state index is -1.38. The highest BCUT2D eigenvalue weighted by molar-refractivity contribution is 5.97. The lowest BCUT2D eigenvalue weighted by Gasteiger charge is -2.33. The van der Waals surface area contributed by atoms with Gasteiger partial charge in [0.2, 0.25) is 23.6 Å². The lowest BCUT2D eigenvalue weighted by atomic mass is 9.93. The van der Waals surface area contributed by atoms with E-state index in [2.05, 4.69) is 40.2 Å². The van der Waals surface area contributed by atoms with Gasteiger partial charge in [-0.15, -0.1) is 0 Å². The second-order valence-corrected chi connectivity index (χ2v) is 16.9. The number of carbonyl (C=O) groups is 6. The lowest BCUT2D eigenvalue weighted by molar-refractivity contribution is -0.147. The molecule has 0 spiro atoms. The van der Waals surface area contributed by atoms with Gasteiger partial charge in [0.05, 0.1) is 0 Å². The van der Waals surface area contributed by atoms with Crippen LogP contribution in [0.2, 0.25) is 0 Å². The van der Waals surface area contributed by atoms with Crippen LogP contribution in [0.1, 0.15) is 103 Å². The Labute approximate surface area is 374 Å². The van der Waals surface area contributed by atoms with E-state index in [4.69, 9.17) is 0 Å². The number of carbonyl (C=O) groups excluding carboxylic acids is 5. The highest BCUT2D eigenvalue weighted by Gasteiger charge is 2.40. The molecule has 0 aromatic heterocycles. The van der Waals surface area contributed by atoms with Crippen molar-refractivity contribution in [3.63, 3.8) is 0 Å². The Hall–Kier alpha value is -6.70. The predicted octanol–water partition coefficient (Wildman–Crippen LogP) is 5.83. The average Bonchev–Trinajstić information content (AvgIpc) is 3.78. The van der Waals surface area contributed by atoms with Crippen molar-refractivity contribution in [2.75, 3.05) is 20.1 Å². The van der Waals surface area contributed by atoms with E-state index in [0.29, 0.717) is 30.5 Å².